The molecule has 0 unspecified atom stereocenters. The molecular formula is C62H48N2. The fourth-order valence-electron chi connectivity index (χ4n) is 10.3. The van der Waals surface area contributed by atoms with Gasteiger partial charge in [0, 0.05) is 34.1 Å². The number of allylic oxidation sites excluding steroid dienone is 8. The van der Waals surface area contributed by atoms with Gasteiger partial charge in [0.25, 0.3) is 0 Å². The minimum absolute atomic E-state index is 0.982. The molecule has 0 radical (unpaired) electrons. The largest absolute Gasteiger partial charge is 0.310 e. The molecule has 8 aromatic rings. The zero-order valence-electron chi connectivity index (χ0n) is 35.9. The first-order valence-electron chi connectivity index (χ1n) is 22.9. The van der Waals surface area contributed by atoms with Crippen LogP contribution in [0.2, 0.25) is 0 Å². The Bertz CT molecular complexity index is 3160. The van der Waals surface area contributed by atoms with Crippen LogP contribution in [-0.4, -0.2) is 0 Å². The lowest BCUT2D eigenvalue weighted by Crippen LogP contribution is -2.10. The van der Waals surface area contributed by atoms with Crippen LogP contribution in [0.1, 0.15) is 53.5 Å². The summed E-state index contributed by atoms with van der Waals surface area (Å²) in [5.41, 5.74) is 25.4. The van der Waals surface area contributed by atoms with Gasteiger partial charge in [-0.15, -0.1) is 0 Å². The summed E-state index contributed by atoms with van der Waals surface area (Å²) in [7, 11) is 0. The highest BCUT2D eigenvalue weighted by Crippen LogP contribution is 2.46. The summed E-state index contributed by atoms with van der Waals surface area (Å²) in [6, 6.07) is 69.8. The van der Waals surface area contributed by atoms with Crippen molar-refractivity contribution >= 4 is 45.3 Å². The summed E-state index contributed by atoms with van der Waals surface area (Å²) in [6.07, 6.45) is 18.3. The third-order valence-corrected chi connectivity index (χ3v) is 13.6. The molecule has 4 aliphatic carbocycles. The Kier molecular flexibility index (Phi) is 9.64. The van der Waals surface area contributed by atoms with Crippen molar-refractivity contribution in [2.75, 3.05) is 9.80 Å². The van der Waals surface area contributed by atoms with E-state index in [0.29, 0.717) is 0 Å². The van der Waals surface area contributed by atoms with Gasteiger partial charge < -0.3 is 9.80 Å². The minimum Gasteiger partial charge on any atom is -0.310 e. The Morgan fingerprint density at radius 1 is 0.312 bits per heavy atom. The Morgan fingerprint density at radius 3 is 1.38 bits per heavy atom. The predicted molar refractivity (Wildman–Crippen MR) is 270 cm³/mol. The SMILES string of the molecule is C1=CC(c2ccc(N(c3ccc(-c4ccc(N(c5ccc(-c6ccccc6)cc5)c5ccc6c(c5)-c5ccccc5C6)cc4)cc3)c3ccc4c(c3)C3=CCCC=C3C4)cc2)=CCC1. The van der Waals surface area contributed by atoms with Gasteiger partial charge in [-0.2, -0.15) is 0 Å². The van der Waals surface area contributed by atoms with Gasteiger partial charge in [0.2, 0.25) is 0 Å². The molecule has 0 aromatic heterocycles. The second kappa shape index (κ2) is 16.2. The lowest BCUT2D eigenvalue weighted by molar-refractivity contribution is 1.02. The maximum Gasteiger partial charge on any atom is 0.0467 e. The molecule has 64 heavy (non-hydrogen) atoms. The normalized spacial score (nSPS) is 14.4. The second-order valence-corrected chi connectivity index (χ2v) is 17.5. The lowest BCUT2D eigenvalue weighted by atomic mass is 9.97. The van der Waals surface area contributed by atoms with Gasteiger partial charge >= 0.3 is 0 Å². The standard InChI is InChI=1S/C62H48N2/c1-3-11-43(12-4-1)45-19-29-53(30-20-45)63(57-37-27-51-39-49-15-7-9-17-59(49)61(51)41-57)55-33-23-47(24-34-55)48-25-35-56(36-26-48)64(54-31-21-46(22-32-54)44-13-5-2-6-14-44)58-38-28-52-40-50-16-8-10-18-60(50)62(52)42-58/h1,3-5,7,9,11-38,41-42H,2,6,8,10,39-40H2. The van der Waals surface area contributed by atoms with Crippen LogP contribution in [0.3, 0.4) is 0 Å². The molecule has 0 bridgehead atoms. The lowest BCUT2D eigenvalue weighted by Gasteiger charge is -2.27. The number of rotatable bonds is 9. The first-order valence-corrected chi connectivity index (χ1v) is 22.9. The van der Waals surface area contributed by atoms with Crippen molar-refractivity contribution in [2.45, 2.75) is 38.5 Å². The van der Waals surface area contributed by atoms with Crippen LogP contribution in [-0.2, 0) is 12.8 Å². The highest BCUT2D eigenvalue weighted by Gasteiger charge is 2.25. The fraction of sp³-hybridized carbons (Fsp3) is 0.0968. The summed E-state index contributed by atoms with van der Waals surface area (Å²) in [5.74, 6) is 0. The first kappa shape index (κ1) is 38.0. The summed E-state index contributed by atoms with van der Waals surface area (Å²) >= 11 is 0. The highest BCUT2D eigenvalue weighted by atomic mass is 15.1. The van der Waals surface area contributed by atoms with Gasteiger partial charge in [0.15, 0.2) is 0 Å². The molecule has 4 aliphatic rings. The van der Waals surface area contributed by atoms with Gasteiger partial charge in [0.1, 0.15) is 0 Å². The average Bonchev–Trinajstić information content (AvgIpc) is 3.94. The van der Waals surface area contributed by atoms with Gasteiger partial charge in [-0.1, -0.05) is 146 Å². The topological polar surface area (TPSA) is 6.48 Å². The number of hydrogen-bond donors (Lipinski definition) is 0. The van der Waals surface area contributed by atoms with Crippen LogP contribution in [0.25, 0.3) is 44.5 Å². The molecule has 0 spiro atoms. The molecule has 0 saturated carbocycles. The summed E-state index contributed by atoms with van der Waals surface area (Å²) < 4.78 is 0. The molecule has 8 aromatic carbocycles. The van der Waals surface area contributed by atoms with Crippen molar-refractivity contribution in [3.8, 4) is 33.4 Å². The van der Waals surface area contributed by atoms with Crippen LogP contribution in [0.4, 0.5) is 34.1 Å². The van der Waals surface area contributed by atoms with E-state index in [9.17, 15) is 0 Å². The smallest absolute Gasteiger partial charge is 0.0467 e. The van der Waals surface area contributed by atoms with E-state index in [4.69, 9.17) is 0 Å². The average molecular weight is 821 g/mol. The van der Waals surface area contributed by atoms with E-state index in [0.717, 1.165) is 67.0 Å². The van der Waals surface area contributed by atoms with Crippen molar-refractivity contribution in [2.24, 2.45) is 0 Å². The van der Waals surface area contributed by atoms with Gasteiger partial charge in [-0.05, 0) is 189 Å². The maximum atomic E-state index is 2.45. The zero-order valence-corrected chi connectivity index (χ0v) is 35.9. The fourth-order valence-corrected chi connectivity index (χ4v) is 10.3. The van der Waals surface area contributed by atoms with Crippen LogP contribution in [0.15, 0.2) is 224 Å². The Labute approximate surface area is 377 Å². The van der Waals surface area contributed by atoms with Crippen molar-refractivity contribution in [1.29, 1.82) is 0 Å². The molecule has 0 N–H and O–H groups in total. The molecule has 0 atom stereocenters. The quantitative estimate of drug-likeness (QED) is 0.143. The predicted octanol–water partition coefficient (Wildman–Crippen LogP) is 16.9. The number of fused-ring (bicyclic) bond motifs is 6. The number of nitrogens with zero attached hydrogens (tertiary/aromatic N) is 2. The zero-order chi connectivity index (χ0) is 42.4. The Morgan fingerprint density at radius 2 is 0.781 bits per heavy atom. The van der Waals surface area contributed by atoms with Gasteiger partial charge in [-0.25, -0.2) is 0 Å². The van der Waals surface area contributed by atoms with Crippen molar-refractivity contribution in [1.82, 2.24) is 0 Å². The molecular weight excluding hydrogens is 773 g/mol. The Balaban J connectivity index is 0.883. The number of anilines is 6. The van der Waals surface area contributed by atoms with Crippen molar-refractivity contribution in [3.05, 3.63) is 252 Å². The van der Waals surface area contributed by atoms with E-state index < -0.39 is 0 Å². The Hall–Kier alpha value is -7.68. The van der Waals surface area contributed by atoms with Crippen LogP contribution < -0.4 is 9.80 Å². The van der Waals surface area contributed by atoms with Crippen LogP contribution in [0, 0.1) is 0 Å². The molecule has 0 heterocycles. The summed E-state index contributed by atoms with van der Waals surface area (Å²) in [4.78, 5) is 4.81. The maximum absolute atomic E-state index is 2.45. The van der Waals surface area contributed by atoms with E-state index in [-0.39, 0.29) is 0 Å². The summed E-state index contributed by atoms with van der Waals surface area (Å²) in [6.45, 7) is 0. The molecule has 0 saturated heterocycles. The van der Waals surface area contributed by atoms with Crippen LogP contribution >= 0.6 is 0 Å². The molecule has 306 valence electrons. The van der Waals surface area contributed by atoms with E-state index in [2.05, 4.69) is 228 Å². The monoisotopic (exact) mass is 820 g/mol. The summed E-state index contributed by atoms with van der Waals surface area (Å²) in [5, 5.41) is 0. The first-order chi connectivity index (χ1) is 31.7. The third kappa shape index (κ3) is 7.02. The molecule has 0 fully saturated rings. The van der Waals surface area contributed by atoms with Gasteiger partial charge in [-0.3, -0.25) is 0 Å². The van der Waals surface area contributed by atoms with E-state index in [1.165, 1.54) is 83.6 Å². The molecule has 2 nitrogen and oxygen atoms in total. The third-order valence-electron chi connectivity index (χ3n) is 13.6. The molecule has 0 amide bonds. The van der Waals surface area contributed by atoms with E-state index >= 15 is 0 Å². The van der Waals surface area contributed by atoms with Gasteiger partial charge in [0.05, 0.1) is 0 Å². The second-order valence-electron chi connectivity index (χ2n) is 17.5. The minimum atomic E-state index is 0.982. The number of hydrogen-bond acceptors (Lipinski definition) is 2. The van der Waals surface area contributed by atoms with E-state index in [1.54, 1.807) is 0 Å². The van der Waals surface area contributed by atoms with Crippen LogP contribution in [0.5, 0.6) is 0 Å². The highest BCUT2D eigenvalue weighted by molar-refractivity contribution is 5.91. The van der Waals surface area contributed by atoms with E-state index in [1.807, 2.05) is 0 Å². The molecule has 12 rings (SSSR count). The molecule has 0 aliphatic heterocycles. The molecule has 2 heteroatoms. The van der Waals surface area contributed by atoms with Crippen molar-refractivity contribution < 1.29 is 0 Å². The number of benzene rings is 8. The van der Waals surface area contributed by atoms with Crippen molar-refractivity contribution in [3.63, 3.8) is 0 Å².